The molecule has 1 atom stereocenters. The molecule has 1 aromatic rings. The molecule has 4 N–H and O–H groups in total. The van der Waals surface area contributed by atoms with Crippen LogP contribution in [0.15, 0.2) is 24.3 Å². The fourth-order valence-corrected chi connectivity index (χ4v) is 1.08. The molecule has 0 aliphatic heterocycles. The van der Waals surface area contributed by atoms with Crippen molar-refractivity contribution in [2.75, 3.05) is 0 Å². The number of hydrogen-bond acceptors (Lipinski definition) is 3. The number of benzene rings is 1. The van der Waals surface area contributed by atoms with Crippen LogP contribution in [0.25, 0.3) is 0 Å². The summed E-state index contributed by atoms with van der Waals surface area (Å²) in [5.74, 6) is -6.32. The van der Waals surface area contributed by atoms with Crippen LogP contribution in [-0.2, 0) is 10.7 Å². The highest BCUT2D eigenvalue weighted by molar-refractivity contribution is 5.75. The van der Waals surface area contributed by atoms with Crippen molar-refractivity contribution in [1.29, 1.82) is 0 Å². The number of carbonyl (C=O) groups is 1. The highest BCUT2D eigenvalue weighted by Crippen LogP contribution is 2.36. The van der Waals surface area contributed by atoms with Crippen LogP contribution in [0.5, 0.6) is 5.75 Å². The Kier molecular flexibility index (Phi) is 2.90. The highest BCUT2D eigenvalue weighted by atomic mass is 19.3. The van der Waals surface area contributed by atoms with Gasteiger partial charge < -0.3 is 15.9 Å². The first-order valence-electron chi connectivity index (χ1n) is 4.02. The number of para-hydroxylation sites is 1. The van der Waals surface area contributed by atoms with E-state index < -0.39 is 29.2 Å². The maximum atomic E-state index is 13.4. The van der Waals surface area contributed by atoms with Gasteiger partial charge >= 0.3 is 11.9 Å². The summed E-state index contributed by atoms with van der Waals surface area (Å²) in [5, 5.41) is 17.5. The zero-order chi connectivity index (χ0) is 11.6. The molecule has 1 aromatic carbocycles. The molecule has 0 heterocycles. The molecule has 1 rings (SSSR count). The van der Waals surface area contributed by atoms with Crippen LogP contribution in [0.3, 0.4) is 0 Å². The second kappa shape index (κ2) is 3.82. The van der Waals surface area contributed by atoms with Gasteiger partial charge in [0, 0.05) is 0 Å². The lowest BCUT2D eigenvalue weighted by Gasteiger charge is -2.21. The lowest BCUT2D eigenvalue weighted by molar-refractivity contribution is -0.149. The first-order chi connectivity index (χ1) is 6.87. The molecule has 0 aliphatic rings. The Morgan fingerprint density at radius 3 is 2.40 bits per heavy atom. The summed E-state index contributed by atoms with van der Waals surface area (Å²) in [5.41, 5.74) is 4.04. The zero-order valence-corrected chi connectivity index (χ0v) is 7.52. The minimum absolute atomic E-state index is 0.681. The van der Waals surface area contributed by atoms with Crippen molar-refractivity contribution < 1.29 is 23.8 Å². The van der Waals surface area contributed by atoms with Crippen LogP contribution < -0.4 is 5.73 Å². The van der Waals surface area contributed by atoms with Gasteiger partial charge in [0.05, 0.1) is 5.56 Å². The third-order valence-corrected chi connectivity index (χ3v) is 1.92. The number of aromatic hydroxyl groups is 1. The third kappa shape index (κ3) is 2.04. The molecular weight excluding hydrogens is 208 g/mol. The Hall–Kier alpha value is -1.69. The monoisotopic (exact) mass is 217 g/mol. The third-order valence-electron chi connectivity index (χ3n) is 1.92. The van der Waals surface area contributed by atoms with Crippen molar-refractivity contribution >= 4 is 5.97 Å². The first kappa shape index (κ1) is 11.4. The Bertz CT molecular complexity index is 381. The van der Waals surface area contributed by atoms with Gasteiger partial charge in [-0.05, 0) is 12.1 Å². The van der Waals surface area contributed by atoms with Crippen LogP contribution in [0.4, 0.5) is 8.78 Å². The molecule has 1 unspecified atom stereocenters. The summed E-state index contributed by atoms with van der Waals surface area (Å²) < 4.78 is 26.8. The van der Waals surface area contributed by atoms with E-state index in [-0.39, 0.29) is 0 Å². The van der Waals surface area contributed by atoms with Gasteiger partial charge in [-0.3, -0.25) is 4.79 Å². The number of aliphatic carboxylic acids is 1. The van der Waals surface area contributed by atoms with Gasteiger partial charge in [0.1, 0.15) is 5.75 Å². The second-order valence-corrected chi connectivity index (χ2v) is 2.96. The van der Waals surface area contributed by atoms with Crippen LogP contribution >= 0.6 is 0 Å². The number of hydrogen-bond donors (Lipinski definition) is 3. The number of halogens is 2. The van der Waals surface area contributed by atoms with E-state index in [9.17, 15) is 13.6 Å². The fraction of sp³-hybridized carbons (Fsp3) is 0.222. The van der Waals surface area contributed by atoms with Gasteiger partial charge in [-0.15, -0.1) is 0 Å². The molecule has 82 valence electrons. The maximum Gasteiger partial charge on any atom is 0.327 e. The molecule has 0 saturated heterocycles. The van der Waals surface area contributed by atoms with E-state index in [4.69, 9.17) is 15.9 Å². The summed E-state index contributed by atoms with van der Waals surface area (Å²) in [6.45, 7) is 0. The molecule has 0 aromatic heterocycles. The van der Waals surface area contributed by atoms with Crippen molar-refractivity contribution in [2.24, 2.45) is 5.73 Å². The van der Waals surface area contributed by atoms with E-state index in [1.807, 2.05) is 0 Å². The average molecular weight is 217 g/mol. The van der Waals surface area contributed by atoms with Gasteiger partial charge in [0.25, 0.3) is 0 Å². The van der Waals surface area contributed by atoms with Crippen molar-refractivity contribution in [3.05, 3.63) is 29.8 Å². The molecular formula is C9H9F2NO3. The summed E-state index contributed by atoms with van der Waals surface area (Å²) >= 11 is 0. The fourth-order valence-electron chi connectivity index (χ4n) is 1.08. The van der Waals surface area contributed by atoms with Gasteiger partial charge in [0.2, 0.25) is 0 Å². The lowest BCUT2D eigenvalue weighted by Crippen LogP contribution is -2.45. The topological polar surface area (TPSA) is 83.6 Å². The van der Waals surface area contributed by atoms with Gasteiger partial charge in [-0.1, -0.05) is 12.1 Å². The summed E-state index contributed by atoms with van der Waals surface area (Å²) in [6, 6.07) is 2.19. The minimum atomic E-state index is -3.81. The summed E-state index contributed by atoms with van der Waals surface area (Å²) in [4.78, 5) is 10.3. The number of phenols is 1. The SMILES string of the molecule is NC(C(=O)O)C(F)(F)c1ccccc1O. The predicted octanol–water partition coefficient (Wildman–Crippen LogP) is 0.896. The Morgan fingerprint density at radius 2 is 1.93 bits per heavy atom. The van der Waals surface area contributed by atoms with E-state index in [1.54, 1.807) is 0 Å². The molecule has 0 spiro atoms. The Labute approximate surface area is 83.9 Å². The molecule has 0 saturated carbocycles. The van der Waals surface area contributed by atoms with E-state index in [0.717, 1.165) is 12.1 Å². The number of nitrogens with two attached hydrogens (primary N) is 1. The summed E-state index contributed by atoms with van der Waals surface area (Å²) in [6.07, 6.45) is 0. The zero-order valence-electron chi connectivity index (χ0n) is 7.52. The van der Waals surface area contributed by atoms with Gasteiger partial charge in [-0.25, -0.2) is 0 Å². The molecule has 0 bridgehead atoms. The Balaban J connectivity index is 3.16. The van der Waals surface area contributed by atoms with Crippen molar-refractivity contribution in [1.82, 2.24) is 0 Å². The smallest absolute Gasteiger partial charge is 0.327 e. The van der Waals surface area contributed by atoms with E-state index in [2.05, 4.69) is 0 Å². The molecule has 6 heteroatoms. The number of carboxylic acid groups (broad SMARTS) is 1. The largest absolute Gasteiger partial charge is 0.507 e. The predicted molar refractivity (Wildman–Crippen MR) is 47.6 cm³/mol. The second-order valence-electron chi connectivity index (χ2n) is 2.96. The molecule has 0 fully saturated rings. The van der Waals surface area contributed by atoms with E-state index in [1.165, 1.54) is 12.1 Å². The maximum absolute atomic E-state index is 13.4. The number of rotatable bonds is 3. The molecule has 0 amide bonds. The van der Waals surface area contributed by atoms with Crippen LogP contribution in [0.2, 0.25) is 0 Å². The quantitative estimate of drug-likeness (QED) is 0.702. The van der Waals surface area contributed by atoms with Gasteiger partial charge in [-0.2, -0.15) is 8.78 Å². The number of phenolic OH excluding ortho intramolecular Hbond substituents is 1. The lowest BCUT2D eigenvalue weighted by atomic mass is 10.0. The average Bonchev–Trinajstić information content (AvgIpc) is 2.16. The first-order valence-corrected chi connectivity index (χ1v) is 4.02. The summed E-state index contributed by atoms with van der Waals surface area (Å²) in [7, 11) is 0. The van der Waals surface area contributed by atoms with Crippen LogP contribution in [-0.4, -0.2) is 22.2 Å². The number of alkyl halides is 2. The highest BCUT2D eigenvalue weighted by Gasteiger charge is 2.45. The van der Waals surface area contributed by atoms with E-state index >= 15 is 0 Å². The normalized spacial score (nSPS) is 13.5. The minimum Gasteiger partial charge on any atom is -0.507 e. The van der Waals surface area contributed by atoms with Crippen LogP contribution in [0.1, 0.15) is 5.56 Å². The molecule has 4 nitrogen and oxygen atoms in total. The van der Waals surface area contributed by atoms with Crippen LogP contribution in [0, 0.1) is 0 Å². The van der Waals surface area contributed by atoms with Crippen molar-refractivity contribution in [2.45, 2.75) is 12.0 Å². The van der Waals surface area contributed by atoms with Crippen molar-refractivity contribution in [3.8, 4) is 5.75 Å². The van der Waals surface area contributed by atoms with Crippen molar-refractivity contribution in [3.63, 3.8) is 0 Å². The van der Waals surface area contributed by atoms with E-state index in [0.29, 0.717) is 0 Å². The molecule has 0 radical (unpaired) electrons. The standard InChI is InChI=1S/C9H9F2NO3/c10-9(11,7(12)8(14)15)5-3-1-2-4-6(5)13/h1-4,7,13H,12H2,(H,14,15). The number of carboxylic acids is 1. The molecule has 0 aliphatic carbocycles. The Morgan fingerprint density at radius 1 is 1.40 bits per heavy atom. The molecule has 15 heavy (non-hydrogen) atoms. The van der Waals surface area contributed by atoms with Gasteiger partial charge in [0.15, 0.2) is 6.04 Å².